The Balaban J connectivity index is 0.00000242. The molecule has 0 saturated carbocycles. The van der Waals surface area contributed by atoms with Crippen molar-refractivity contribution in [1.29, 1.82) is 0 Å². The topological polar surface area (TPSA) is 161 Å². The average molecular weight is 369 g/mol. The third kappa shape index (κ3) is 4.38. The molecule has 0 saturated heterocycles. The molecule has 0 unspecified atom stereocenters. The van der Waals surface area contributed by atoms with Crippen LogP contribution in [0.25, 0.3) is 5.69 Å². The third-order valence-electron chi connectivity index (χ3n) is 2.61. The van der Waals surface area contributed by atoms with Gasteiger partial charge in [-0.1, -0.05) is 11.6 Å². The van der Waals surface area contributed by atoms with Crippen LogP contribution >= 0.6 is 11.6 Å². The Morgan fingerprint density at radius 3 is 2.00 bits per heavy atom. The predicted octanol–water partition coefficient (Wildman–Crippen LogP) is -0.898. The summed E-state index contributed by atoms with van der Waals surface area (Å²) in [6.07, 6.45) is 0. The molecule has 0 atom stereocenters. The fraction of sp³-hybridized carbons (Fsp3) is 0. The Labute approximate surface area is 175 Å². The van der Waals surface area contributed by atoms with Crippen molar-refractivity contribution in [3.8, 4) is 5.69 Å². The summed E-state index contributed by atoms with van der Waals surface area (Å²) in [7, 11) is 0. The van der Waals surface area contributed by atoms with Crippen molar-refractivity contribution >= 4 is 74.9 Å². The van der Waals surface area contributed by atoms with E-state index >= 15 is 0 Å². The molecule has 2 aromatic rings. The molecule has 11 heteroatoms. The molecule has 1 aromatic heterocycles. The number of H-pyrrole nitrogens is 1. The van der Waals surface area contributed by atoms with Crippen LogP contribution in [-0.2, 0) is 0 Å². The summed E-state index contributed by atoms with van der Waals surface area (Å²) in [5.74, 6) is -3.47. The summed E-state index contributed by atoms with van der Waals surface area (Å²) in [6.45, 7) is 0. The molecule has 0 amide bonds. The van der Waals surface area contributed by atoms with E-state index in [1.807, 2.05) is 0 Å². The number of halogens is 1. The van der Waals surface area contributed by atoms with Crippen LogP contribution in [0.4, 0.5) is 0 Å². The number of carboxylic acid groups (broad SMARTS) is 2. The second-order valence-corrected chi connectivity index (χ2v) is 4.34. The van der Waals surface area contributed by atoms with E-state index in [1.165, 1.54) is 24.3 Å². The first-order valence-corrected chi connectivity index (χ1v) is 5.82. The van der Waals surface area contributed by atoms with E-state index < -0.39 is 34.4 Å². The maximum atomic E-state index is 11.8. The maximum absolute atomic E-state index is 11.8. The van der Waals surface area contributed by atoms with Gasteiger partial charge >= 0.3 is 69.0 Å². The Kier molecular flexibility index (Phi) is 8.07. The van der Waals surface area contributed by atoms with Crippen LogP contribution in [0.5, 0.6) is 0 Å². The SMILES string of the molecule is O.O=C(O)c1c(C(=O)O)n(-c2ccc(Cl)cc2)c(=O)[nH]c1=O.[KH]. The summed E-state index contributed by atoms with van der Waals surface area (Å²) < 4.78 is 0.587. The number of aromatic amines is 1. The normalized spacial score (nSPS) is 9.43. The minimum atomic E-state index is -1.75. The van der Waals surface area contributed by atoms with E-state index in [1.54, 1.807) is 4.98 Å². The van der Waals surface area contributed by atoms with Crippen LogP contribution in [0, 0.1) is 0 Å². The molecule has 0 spiro atoms. The molecule has 0 radical (unpaired) electrons. The molecule has 0 aliphatic carbocycles. The van der Waals surface area contributed by atoms with E-state index in [-0.39, 0.29) is 62.5 Å². The average Bonchev–Trinajstić information content (AvgIpc) is 2.38. The first-order chi connectivity index (χ1) is 9.82. The van der Waals surface area contributed by atoms with Gasteiger partial charge in [0.25, 0.3) is 5.56 Å². The number of nitrogens with zero attached hydrogens (tertiary/aromatic N) is 1. The summed E-state index contributed by atoms with van der Waals surface area (Å²) in [6, 6.07) is 5.42. The van der Waals surface area contributed by atoms with Gasteiger partial charge in [-0.2, -0.15) is 0 Å². The van der Waals surface area contributed by atoms with Crippen molar-refractivity contribution in [2.45, 2.75) is 0 Å². The minimum absolute atomic E-state index is 0. The van der Waals surface area contributed by atoms with Crippen molar-refractivity contribution in [2.75, 3.05) is 0 Å². The Bertz CT molecular complexity index is 857. The van der Waals surface area contributed by atoms with Crippen molar-refractivity contribution in [3.63, 3.8) is 0 Å². The standard InChI is InChI=1S/C12H7ClN2O6.K.H2O.H/c13-5-1-3-6(4-2-5)15-8(11(19)20)7(10(17)18)9(16)14-12(15)21;;;/h1-4H,(H,17,18)(H,19,20)(H,14,16,21);;1H2;. The number of hydrogen-bond donors (Lipinski definition) is 3. The van der Waals surface area contributed by atoms with Gasteiger partial charge in [-0.3, -0.25) is 14.3 Å². The Morgan fingerprint density at radius 2 is 1.57 bits per heavy atom. The monoisotopic (exact) mass is 368 g/mol. The van der Waals surface area contributed by atoms with Gasteiger partial charge in [0.1, 0.15) is 0 Å². The van der Waals surface area contributed by atoms with Crippen LogP contribution in [0.2, 0.25) is 5.02 Å². The van der Waals surface area contributed by atoms with E-state index in [0.29, 0.717) is 9.59 Å². The Hall–Kier alpha value is -1.27. The second kappa shape index (κ2) is 8.54. The number of aromatic carboxylic acids is 2. The molecular formula is C12H10ClKN2O7. The number of carbonyl (C=O) groups is 2. The zero-order chi connectivity index (χ0) is 15.7. The van der Waals surface area contributed by atoms with Crippen LogP contribution in [-0.4, -0.2) is 88.6 Å². The van der Waals surface area contributed by atoms with Gasteiger partial charge in [-0.25, -0.2) is 14.4 Å². The fourth-order valence-electron chi connectivity index (χ4n) is 1.77. The van der Waals surface area contributed by atoms with Crippen LogP contribution < -0.4 is 11.2 Å². The van der Waals surface area contributed by atoms with Crippen LogP contribution in [0.3, 0.4) is 0 Å². The molecular weight excluding hydrogens is 359 g/mol. The van der Waals surface area contributed by atoms with Gasteiger partial charge in [-0.15, -0.1) is 0 Å². The van der Waals surface area contributed by atoms with Gasteiger partial charge in [0.15, 0.2) is 11.3 Å². The third-order valence-corrected chi connectivity index (χ3v) is 2.86. The van der Waals surface area contributed by atoms with Gasteiger partial charge in [0.2, 0.25) is 0 Å². The molecule has 0 aliphatic rings. The summed E-state index contributed by atoms with van der Waals surface area (Å²) in [4.78, 5) is 47.5. The molecule has 0 aliphatic heterocycles. The first-order valence-electron chi connectivity index (χ1n) is 5.44. The van der Waals surface area contributed by atoms with Crippen molar-refractivity contribution in [3.05, 3.63) is 61.4 Å². The molecule has 2 rings (SSSR count). The van der Waals surface area contributed by atoms with Crippen LogP contribution in [0.1, 0.15) is 20.8 Å². The van der Waals surface area contributed by atoms with E-state index in [2.05, 4.69) is 0 Å². The number of aromatic nitrogens is 2. The molecule has 0 bridgehead atoms. The van der Waals surface area contributed by atoms with Crippen LogP contribution in [0.15, 0.2) is 33.9 Å². The van der Waals surface area contributed by atoms with E-state index in [9.17, 15) is 19.2 Å². The quantitative estimate of drug-likeness (QED) is 0.595. The molecule has 0 fully saturated rings. The van der Waals surface area contributed by atoms with Gasteiger partial charge in [-0.05, 0) is 24.3 Å². The summed E-state index contributed by atoms with van der Waals surface area (Å²) >= 11 is 5.69. The molecule has 118 valence electrons. The molecule has 23 heavy (non-hydrogen) atoms. The number of carboxylic acids is 2. The van der Waals surface area contributed by atoms with Gasteiger partial charge < -0.3 is 15.7 Å². The molecule has 1 heterocycles. The fourth-order valence-corrected chi connectivity index (χ4v) is 1.90. The van der Waals surface area contributed by atoms with E-state index in [4.69, 9.17) is 21.8 Å². The summed E-state index contributed by atoms with van der Waals surface area (Å²) in [5.41, 5.74) is -4.25. The molecule has 1 aromatic carbocycles. The predicted molar refractivity (Wildman–Crippen MR) is 82.4 cm³/mol. The first kappa shape index (κ1) is 21.7. The molecule has 9 nitrogen and oxygen atoms in total. The number of benzene rings is 1. The Morgan fingerprint density at radius 1 is 1.04 bits per heavy atom. The number of hydrogen-bond acceptors (Lipinski definition) is 4. The summed E-state index contributed by atoms with van der Waals surface area (Å²) in [5, 5.41) is 18.5. The zero-order valence-electron chi connectivity index (χ0n) is 10.7. The second-order valence-electron chi connectivity index (χ2n) is 3.91. The zero-order valence-corrected chi connectivity index (χ0v) is 11.4. The number of nitrogens with one attached hydrogen (secondary N) is 1. The van der Waals surface area contributed by atoms with Crippen molar-refractivity contribution < 1.29 is 25.3 Å². The molecule has 5 N–H and O–H groups in total. The van der Waals surface area contributed by atoms with Crippen molar-refractivity contribution in [2.24, 2.45) is 0 Å². The van der Waals surface area contributed by atoms with Gasteiger partial charge in [0, 0.05) is 5.02 Å². The van der Waals surface area contributed by atoms with Crippen molar-refractivity contribution in [1.82, 2.24) is 9.55 Å². The van der Waals surface area contributed by atoms with E-state index in [0.717, 1.165) is 0 Å². The van der Waals surface area contributed by atoms with Gasteiger partial charge in [0.05, 0.1) is 5.69 Å². The number of rotatable bonds is 3.